The highest BCUT2D eigenvalue weighted by Gasteiger charge is 2.62. The summed E-state index contributed by atoms with van der Waals surface area (Å²) in [5, 5.41) is 0.163. The maximum atomic E-state index is 13.9. The Hall–Kier alpha value is -1.33. The molecule has 13 heteroatoms. The molecule has 2 aromatic rings. The minimum Gasteiger partial charge on any atom is -0.368 e. The Labute approximate surface area is 191 Å². The molecule has 0 radical (unpaired) electrons. The van der Waals surface area contributed by atoms with Crippen LogP contribution in [-0.2, 0) is 34.4 Å². The van der Waals surface area contributed by atoms with Gasteiger partial charge >= 0.3 is 7.60 Å². The van der Waals surface area contributed by atoms with Crippen molar-refractivity contribution in [2.24, 2.45) is 0 Å². The van der Waals surface area contributed by atoms with Crippen LogP contribution in [0.1, 0.15) is 41.5 Å². The highest BCUT2D eigenvalue weighted by atomic mass is 35.5. The Morgan fingerprint density at radius 1 is 1.19 bits per heavy atom. The fourth-order valence-corrected chi connectivity index (χ4v) is 6.63. The Morgan fingerprint density at radius 3 is 2.44 bits per heavy atom. The summed E-state index contributed by atoms with van der Waals surface area (Å²) in [5.74, 6) is -1.81. The van der Waals surface area contributed by atoms with Crippen molar-refractivity contribution in [3.63, 3.8) is 0 Å². The smallest absolute Gasteiger partial charge is 0.362 e. The molecule has 11 nitrogen and oxygen atoms in total. The summed E-state index contributed by atoms with van der Waals surface area (Å²) in [7, 11) is -3.72. The number of imidazole rings is 1. The van der Waals surface area contributed by atoms with Crippen molar-refractivity contribution in [3.8, 4) is 0 Å². The quantitative estimate of drug-likeness (QED) is 0.455. The normalized spacial score (nSPS) is 27.7. The first-order chi connectivity index (χ1) is 14.9. The largest absolute Gasteiger partial charge is 0.368 e. The molecule has 0 aromatic carbocycles. The monoisotopic (exact) mass is 489 g/mol. The van der Waals surface area contributed by atoms with E-state index in [2.05, 4.69) is 15.0 Å². The number of aromatic nitrogens is 4. The van der Waals surface area contributed by atoms with Gasteiger partial charge in [0.05, 0.1) is 25.1 Å². The number of halogens is 1. The summed E-state index contributed by atoms with van der Waals surface area (Å²) in [6.07, 6.45) is -0.797. The van der Waals surface area contributed by atoms with Crippen molar-refractivity contribution in [2.45, 2.75) is 90.2 Å². The lowest BCUT2D eigenvalue weighted by molar-refractivity contribution is -0.182. The van der Waals surface area contributed by atoms with Gasteiger partial charge < -0.3 is 33.6 Å². The first kappa shape index (κ1) is 23.8. The number of fused-ring (bicyclic) bond motifs is 2. The summed E-state index contributed by atoms with van der Waals surface area (Å²) in [6, 6.07) is 0. The number of rotatable bonds is 7. The zero-order chi connectivity index (χ0) is 23.4. The molecule has 0 bridgehead atoms. The first-order valence-corrected chi connectivity index (χ1v) is 12.5. The van der Waals surface area contributed by atoms with Gasteiger partial charge in [-0.25, -0.2) is 4.98 Å². The van der Waals surface area contributed by atoms with E-state index in [1.807, 2.05) is 0 Å². The van der Waals surface area contributed by atoms with Gasteiger partial charge in [0.2, 0.25) is 5.95 Å². The summed E-state index contributed by atoms with van der Waals surface area (Å²) in [5.41, 5.74) is 6.65. The topological polar surface area (TPSA) is 133 Å². The van der Waals surface area contributed by atoms with Crippen molar-refractivity contribution in [1.29, 1.82) is 0 Å². The molecule has 0 amide bonds. The lowest BCUT2D eigenvalue weighted by Crippen LogP contribution is -2.32. The lowest BCUT2D eigenvalue weighted by atomic mass is 10.1. The molecule has 178 valence electrons. The van der Waals surface area contributed by atoms with Crippen LogP contribution in [0, 0.1) is 0 Å². The van der Waals surface area contributed by atoms with Crippen molar-refractivity contribution < 1.29 is 27.8 Å². The van der Waals surface area contributed by atoms with E-state index in [9.17, 15) is 4.57 Å². The molecule has 4 heterocycles. The fraction of sp³-hybridized carbons (Fsp3) is 0.737. The number of hydrogen-bond acceptors (Lipinski definition) is 10. The van der Waals surface area contributed by atoms with Gasteiger partial charge in [-0.3, -0.25) is 4.57 Å². The summed E-state index contributed by atoms with van der Waals surface area (Å²) in [6.45, 7) is 11.1. The molecule has 0 aliphatic carbocycles. The van der Waals surface area contributed by atoms with Gasteiger partial charge in [0.25, 0.3) is 0 Å². The maximum absolute atomic E-state index is 13.9. The van der Waals surface area contributed by atoms with E-state index in [0.717, 1.165) is 0 Å². The third-order valence-electron chi connectivity index (χ3n) is 4.97. The predicted octanol–water partition coefficient (Wildman–Crippen LogP) is 3.35. The molecule has 0 saturated carbocycles. The van der Waals surface area contributed by atoms with E-state index in [1.54, 1.807) is 52.4 Å². The van der Waals surface area contributed by atoms with Crippen LogP contribution in [0.5, 0.6) is 0 Å². The Bertz CT molecular complexity index is 1030. The number of nitrogens with two attached hydrogens (primary N) is 1. The van der Waals surface area contributed by atoms with Gasteiger partial charge in [-0.1, -0.05) is 11.6 Å². The van der Waals surface area contributed by atoms with Crippen LogP contribution in [-0.4, -0.2) is 61.7 Å². The van der Waals surface area contributed by atoms with E-state index < -0.39 is 37.5 Å². The molecule has 0 spiro atoms. The number of anilines is 1. The van der Waals surface area contributed by atoms with E-state index >= 15 is 0 Å². The van der Waals surface area contributed by atoms with Crippen molar-refractivity contribution in [1.82, 2.24) is 19.5 Å². The lowest BCUT2D eigenvalue weighted by Gasteiger charge is -2.30. The van der Waals surface area contributed by atoms with Crippen LogP contribution in [0.15, 0.2) is 6.33 Å². The van der Waals surface area contributed by atoms with Gasteiger partial charge in [0.15, 0.2) is 22.4 Å². The van der Waals surface area contributed by atoms with Crippen LogP contribution < -0.4 is 5.73 Å². The summed E-state index contributed by atoms with van der Waals surface area (Å²) >= 11 is 6.15. The van der Waals surface area contributed by atoms with Gasteiger partial charge in [-0.05, 0) is 41.5 Å². The molecule has 2 aliphatic heterocycles. The molecule has 2 saturated heterocycles. The molecular weight excluding hydrogens is 461 g/mol. The summed E-state index contributed by atoms with van der Waals surface area (Å²) in [4.78, 5) is 12.5. The second kappa shape index (κ2) is 8.47. The van der Waals surface area contributed by atoms with E-state index in [4.69, 9.17) is 40.6 Å². The van der Waals surface area contributed by atoms with E-state index in [0.29, 0.717) is 11.2 Å². The van der Waals surface area contributed by atoms with Gasteiger partial charge in [0.1, 0.15) is 23.8 Å². The number of nitrogen functional groups attached to an aromatic ring is 1. The highest BCUT2D eigenvalue weighted by molar-refractivity contribution is 7.54. The van der Waals surface area contributed by atoms with E-state index in [-0.39, 0.29) is 29.9 Å². The molecule has 4 rings (SSSR count). The molecule has 4 atom stereocenters. The van der Waals surface area contributed by atoms with E-state index in [1.165, 1.54) is 0 Å². The van der Waals surface area contributed by atoms with Crippen LogP contribution in [0.4, 0.5) is 5.95 Å². The molecule has 2 aromatic heterocycles. The van der Waals surface area contributed by atoms with Gasteiger partial charge in [0, 0.05) is 0 Å². The average molecular weight is 490 g/mol. The molecule has 0 unspecified atom stereocenters. The minimum absolute atomic E-state index is 0.0362. The van der Waals surface area contributed by atoms with Crippen molar-refractivity contribution in [3.05, 3.63) is 11.5 Å². The fourth-order valence-electron chi connectivity index (χ4n) is 4.05. The second-order valence-corrected chi connectivity index (χ2v) is 11.3. The van der Waals surface area contributed by atoms with Crippen molar-refractivity contribution >= 4 is 36.3 Å². The zero-order valence-electron chi connectivity index (χ0n) is 18.9. The molecule has 2 fully saturated rings. The number of nitrogens with zero attached hydrogens (tertiary/aromatic N) is 4. The van der Waals surface area contributed by atoms with Crippen LogP contribution in [0.25, 0.3) is 11.2 Å². The van der Waals surface area contributed by atoms with Gasteiger partial charge in [-0.15, -0.1) is 0 Å². The SMILES string of the molecule is CC(C)OP(=O)(OC(C)C)[C@@H]1O[C@H](Cn2cnc3c(Cl)nc(N)nc32)[C@H]2OC(C)(C)O[C@H]21. The molecule has 2 aliphatic rings. The van der Waals surface area contributed by atoms with Crippen LogP contribution in [0.2, 0.25) is 5.15 Å². The number of ether oxygens (including phenoxy) is 3. The standard InChI is InChI=1S/C19H29ClN5O6P/c1-9(2)30-32(26,31-10(3)4)17-14-13(28-19(5,6)29-14)11(27-17)7-25-8-22-12-15(20)23-18(21)24-16(12)25/h8-11,13-14,17H,7H2,1-6H3,(H2,21,23,24)/t11-,13-,14-,17+/m1/s1. The van der Waals surface area contributed by atoms with Crippen LogP contribution in [0.3, 0.4) is 0 Å². The Morgan fingerprint density at radius 2 is 1.81 bits per heavy atom. The predicted molar refractivity (Wildman–Crippen MR) is 117 cm³/mol. The second-order valence-electron chi connectivity index (χ2n) is 8.92. The minimum atomic E-state index is -3.72. The zero-order valence-corrected chi connectivity index (χ0v) is 20.5. The number of hydrogen-bond donors (Lipinski definition) is 1. The Kier molecular flexibility index (Phi) is 6.30. The molecule has 32 heavy (non-hydrogen) atoms. The molecule has 2 N–H and O–H groups in total. The third kappa shape index (κ3) is 4.52. The summed E-state index contributed by atoms with van der Waals surface area (Å²) < 4.78 is 45.7. The third-order valence-corrected chi connectivity index (χ3v) is 7.70. The Balaban J connectivity index is 1.68. The van der Waals surface area contributed by atoms with Crippen LogP contribution >= 0.6 is 19.2 Å². The van der Waals surface area contributed by atoms with Crippen molar-refractivity contribution in [2.75, 3.05) is 5.73 Å². The first-order valence-electron chi connectivity index (χ1n) is 10.5. The van der Waals surface area contributed by atoms with Gasteiger partial charge in [-0.2, -0.15) is 9.97 Å². The maximum Gasteiger partial charge on any atom is 0.362 e. The average Bonchev–Trinajstić information content (AvgIpc) is 3.26. The highest BCUT2D eigenvalue weighted by Crippen LogP contribution is 2.61. The molecular formula is C19H29ClN5O6P.